The van der Waals surface area contributed by atoms with E-state index in [-0.39, 0.29) is 0 Å². The molecule has 0 N–H and O–H groups in total. The molecular formula is C47H31N3O2. The van der Waals surface area contributed by atoms with E-state index in [1.165, 1.54) is 0 Å². The van der Waals surface area contributed by atoms with Gasteiger partial charge in [-0.25, -0.2) is 4.98 Å². The molecule has 0 unspecified atom stereocenters. The highest BCUT2D eigenvalue weighted by molar-refractivity contribution is 6.13. The van der Waals surface area contributed by atoms with Crippen LogP contribution in [0.5, 0.6) is 0 Å². The third kappa shape index (κ3) is 5.07. The molecule has 0 fully saturated rings. The number of oxazole rings is 1. The van der Waals surface area contributed by atoms with E-state index < -0.39 is 0 Å². The fourth-order valence-corrected chi connectivity index (χ4v) is 7.27. The predicted octanol–water partition coefficient (Wildman–Crippen LogP) is 13.5. The van der Waals surface area contributed by atoms with Crippen molar-refractivity contribution in [3.05, 3.63) is 188 Å². The highest BCUT2D eigenvalue weighted by atomic mass is 16.3. The maximum atomic E-state index is 6.43. The fraction of sp³-hybridized carbons (Fsp3) is 0. The molecule has 0 saturated heterocycles. The van der Waals surface area contributed by atoms with E-state index in [0.29, 0.717) is 5.89 Å². The maximum absolute atomic E-state index is 6.43. The molecule has 0 atom stereocenters. The largest absolute Gasteiger partial charge is 0.456 e. The third-order valence-electron chi connectivity index (χ3n) is 9.63. The van der Waals surface area contributed by atoms with Gasteiger partial charge in [0.2, 0.25) is 5.89 Å². The molecule has 0 aliphatic carbocycles. The predicted molar refractivity (Wildman–Crippen MR) is 214 cm³/mol. The Balaban J connectivity index is 1.29. The fourth-order valence-electron chi connectivity index (χ4n) is 7.27. The average molecular weight is 670 g/mol. The lowest BCUT2D eigenvalue weighted by Crippen LogP contribution is -2.13. The van der Waals surface area contributed by atoms with Crippen LogP contribution < -0.4 is 9.80 Å². The van der Waals surface area contributed by atoms with Crippen LogP contribution in [-0.2, 0) is 0 Å². The number of anilines is 6. The molecule has 52 heavy (non-hydrogen) atoms. The molecule has 0 aliphatic rings. The molecule has 0 aliphatic heterocycles. The first-order chi connectivity index (χ1) is 25.8. The van der Waals surface area contributed by atoms with E-state index in [1.54, 1.807) is 0 Å². The van der Waals surface area contributed by atoms with Gasteiger partial charge in [-0.3, -0.25) is 0 Å². The van der Waals surface area contributed by atoms with E-state index in [2.05, 4.69) is 149 Å². The SMILES string of the molecule is c1ccc(-c2nc3c(ccc4c(N(c5ccccc5)c5ccccc5)cc(N(c5ccccc5)c5ccc6oc7ccccc7c6c5)cc43)o2)cc1. The van der Waals surface area contributed by atoms with E-state index >= 15 is 0 Å². The number of para-hydroxylation sites is 4. The highest BCUT2D eigenvalue weighted by Gasteiger charge is 2.23. The van der Waals surface area contributed by atoms with Gasteiger partial charge in [0.15, 0.2) is 5.58 Å². The molecule has 8 aromatic carbocycles. The summed E-state index contributed by atoms with van der Waals surface area (Å²) in [6.45, 7) is 0. The van der Waals surface area contributed by atoms with E-state index in [9.17, 15) is 0 Å². The zero-order chi connectivity index (χ0) is 34.4. The summed E-state index contributed by atoms with van der Waals surface area (Å²) in [7, 11) is 0. The first-order valence-corrected chi connectivity index (χ1v) is 17.4. The van der Waals surface area contributed by atoms with Gasteiger partial charge in [0.25, 0.3) is 0 Å². The first-order valence-electron chi connectivity index (χ1n) is 17.4. The Morgan fingerprint density at radius 1 is 0.346 bits per heavy atom. The molecule has 0 radical (unpaired) electrons. The van der Waals surface area contributed by atoms with E-state index in [0.717, 1.165) is 83.5 Å². The number of furan rings is 1. The van der Waals surface area contributed by atoms with Crippen molar-refractivity contribution in [2.45, 2.75) is 0 Å². The molecule has 0 bridgehead atoms. The molecule has 2 heterocycles. The zero-order valence-corrected chi connectivity index (χ0v) is 28.1. The van der Waals surface area contributed by atoms with Crippen LogP contribution in [0.4, 0.5) is 34.1 Å². The van der Waals surface area contributed by atoms with Gasteiger partial charge in [0.1, 0.15) is 16.7 Å². The van der Waals surface area contributed by atoms with Crippen LogP contribution in [0, 0.1) is 0 Å². The summed E-state index contributed by atoms with van der Waals surface area (Å²) in [6.07, 6.45) is 0. The number of benzene rings is 8. The number of nitrogens with zero attached hydrogens (tertiary/aromatic N) is 3. The average Bonchev–Trinajstić information content (AvgIpc) is 3.82. The van der Waals surface area contributed by atoms with Crippen LogP contribution in [0.3, 0.4) is 0 Å². The van der Waals surface area contributed by atoms with Crippen molar-refractivity contribution >= 4 is 77.9 Å². The third-order valence-corrected chi connectivity index (χ3v) is 9.63. The normalized spacial score (nSPS) is 11.5. The number of hydrogen-bond acceptors (Lipinski definition) is 5. The molecular weight excluding hydrogens is 639 g/mol. The molecule has 5 heteroatoms. The molecule has 246 valence electrons. The number of hydrogen-bond donors (Lipinski definition) is 0. The minimum atomic E-state index is 0.593. The van der Waals surface area contributed by atoms with Gasteiger partial charge < -0.3 is 18.6 Å². The molecule has 2 aromatic heterocycles. The van der Waals surface area contributed by atoms with Crippen LogP contribution in [-0.4, -0.2) is 4.98 Å². The van der Waals surface area contributed by atoms with Gasteiger partial charge in [0.05, 0.1) is 5.69 Å². The van der Waals surface area contributed by atoms with Crippen molar-refractivity contribution in [2.24, 2.45) is 0 Å². The highest BCUT2D eigenvalue weighted by Crippen LogP contribution is 2.46. The first kappa shape index (κ1) is 29.8. The molecule has 0 spiro atoms. The topological polar surface area (TPSA) is 45.7 Å². The molecule has 0 saturated carbocycles. The quantitative estimate of drug-likeness (QED) is 0.169. The second-order valence-electron chi connectivity index (χ2n) is 12.8. The molecule has 10 aromatic rings. The van der Waals surface area contributed by atoms with Crippen LogP contribution >= 0.6 is 0 Å². The second kappa shape index (κ2) is 12.3. The Morgan fingerprint density at radius 2 is 0.904 bits per heavy atom. The summed E-state index contributed by atoms with van der Waals surface area (Å²) >= 11 is 0. The Bertz CT molecular complexity index is 2810. The van der Waals surface area contributed by atoms with Crippen molar-refractivity contribution in [3.63, 3.8) is 0 Å². The van der Waals surface area contributed by atoms with Gasteiger partial charge >= 0.3 is 0 Å². The molecule has 10 rings (SSSR count). The van der Waals surface area contributed by atoms with Crippen molar-refractivity contribution in [3.8, 4) is 11.5 Å². The smallest absolute Gasteiger partial charge is 0.227 e. The summed E-state index contributed by atoms with van der Waals surface area (Å²) in [5.41, 5.74) is 10.4. The van der Waals surface area contributed by atoms with Gasteiger partial charge in [-0.15, -0.1) is 0 Å². The lowest BCUT2D eigenvalue weighted by Gasteiger charge is -2.30. The van der Waals surface area contributed by atoms with Gasteiger partial charge in [-0.1, -0.05) is 91.0 Å². The van der Waals surface area contributed by atoms with Crippen molar-refractivity contribution in [1.82, 2.24) is 4.98 Å². The summed E-state index contributed by atoms with van der Waals surface area (Å²) < 4.78 is 12.7. The van der Waals surface area contributed by atoms with Crippen LogP contribution in [0.25, 0.3) is 55.3 Å². The standard InChI is InChI=1S/C47H31N3O2/c1-5-15-32(16-6-1)47-48-46-41-30-37(49(33-17-7-2-8-18-33)36-25-27-44-40(29-36)39-23-13-14-24-43(39)51-44)31-42(38(41)26-28-45(46)52-47)50(34-19-9-3-10-20-34)35-21-11-4-12-22-35/h1-31H. The second-order valence-corrected chi connectivity index (χ2v) is 12.8. The van der Waals surface area contributed by atoms with Crippen molar-refractivity contribution in [2.75, 3.05) is 9.80 Å². The monoisotopic (exact) mass is 669 g/mol. The maximum Gasteiger partial charge on any atom is 0.227 e. The molecule has 5 nitrogen and oxygen atoms in total. The van der Waals surface area contributed by atoms with Gasteiger partial charge in [0, 0.05) is 55.5 Å². The number of rotatable bonds is 7. The van der Waals surface area contributed by atoms with Crippen molar-refractivity contribution < 1.29 is 8.83 Å². The van der Waals surface area contributed by atoms with Crippen LogP contribution in [0.15, 0.2) is 197 Å². The minimum Gasteiger partial charge on any atom is -0.456 e. The van der Waals surface area contributed by atoms with E-state index in [4.69, 9.17) is 13.8 Å². The summed E-state index contributed by atoms with van der Waals surface area (Å²) in [5.74, 6) is 0.593. The number of fused-ring (bicyclic) bond motifs is 6. The minimum absolute atomic E-state index is 0.593. The van der Waals surface area contributed by atoms with Gasteiger partial charge in [-0.05, 0) is 97.1 Å². The van der Waals surface area contributed by atoms with Crippen LogP contribution in [0.2, 0.25) is 0 Å². The Hall–Kier alpha value is -7.11. The summed E-state index contributed by atoms with van der Waals surface area (Å²) in [6, 6.07) is 65.0. The number of aromatic nitrogens is 1. The Kier molecular flexibility index (Phi) is 7.07. The van der Waals surface area contributed by atoms with Crippen LogP contribution in [0.1, 0.15) is 0 Å². The molecule has 0 amide bonds. The van der Waals surface area contributed by atoms with Crippen molar-refractivity contribution in [1.29, 1.82) is 0 Å². The Labute approximate surface area is 300 Å². The van der Waals surface area contributed by atoms with E-state index in [1.807, 2.05) is 48.5 Å². The Morgan fingerprint density at radius 3 is 1.60 bits per heavy atom. The van der Waals surface area contributed by atoms with Gasteiger partial charge in [-0.2, -0.15) is 0 Å². The summed E-state index contributed by atoms with van der Waals surface area (Å²) in [4.78, 5) is 9.80. The lowest BCUT2D eigenvalue weighted by molar-refractivity contribution is 0.620. The summed E-state index contributed by atoms with van der Waals surface area (Å²) in [5, 5.41) is 4.20. The zero-order valence-electron chi connectivity index (χ0n) is 28.1. The lowest BCUT2D eigenvalue weighted by atomic mass is 10.0.